The fraction of sp³-hybridized carbons (Fsp3) is 0.643. The molecule has 1 aromatic rings. The van der Waals surface area contributed by atoms with Crippen LogP contribution in [0.5, 0.6) is 0 Å². The molecule has 108 valence electrons. The molecule has 0 radical (unpaired) electrons. The van der Waals surface area contributed by atoms with Crippen LogP contribution < -0.4 is 5.32 Å². The predicted molar refractivity (Wildman–Crippen MR) is 74.6 cm³/mol. The zero-order valence-corrected chi connectivity index (χ0v) is 11.5. The Morgan fingerprint density at radius 1 is 1.30 bits per heavy atom. The Hall–Kier alpha value is -1.69. The van der Waals surface area contributed by atoms with Crippen LogP contribution >= 0.6 is 0 Å². The van der Waals surface area contributed by atoms with Crippen LogP contribution in [-0.4, -0.2) is 53.1 Å². The predicted octanol–water partition coefficient (Wildman–Crippen LogP) is 1.30. The highest BCUT2D eigenvalue weighted by Gasteiger charge is 2.20. The van der Waals surface area contributed by atoms with Crippen LogP contribution in [0.25, 0.3) is 0 Å². The van der Waals surface area contributed by atoms with Crippen molar-refractivity contribution in [2.45, 2.75) is 31.8 Å². The second-order valence-corrected chi connectivity index (χ2v) is 5.31. The van der Waals surface area contributed by atoms with Gasteiger partial charge in [-0.15, -0.1) is 0 Å². The Balaban J connectivity index is 1.54. The van der Waals surface area contributed by atoms with Gasteiger partial charge in [-0.25, -0.2) is 9.97 Å². The van der Waals surface area contributed by atoms with Crippen LogP contribution in [0.4, 0.5) is 5.95 Å². The van der Waals surface area contributed by atoms with Gasteiger partial charge in [0.15, 0.2) is 0 Å². The molecule has 2 saturated heterocycles. The molecule has 1 aromatic heterocycles. The van der Waals surface area contributed by atoms with Gasteiger partial charge in [-0.1, -0.05) is 0 Å². The van der Waals surface area contributed by atoms with Crippen LogP contribution in [0.15, 0.2) is 12.4 Å². The fourth-order valence-corrected chi connectivity index (χ4v) is 2.64. The number of aromatic nitrogens is 2. The monoisotopic (exact) mass is 276 g/mol. The molecule has 6 nitrogen and oxygen atoms in total. The van der Waals surface area contributed by atoms with Gasteiger partial charge in [-0.2, -0.15) is 0 Å². The van der Waals surface area contributed by atoms with Crippen molar-refractivity contribution < 1.29 is 9.53 Å². The summed E-state index contributed by atoms with van der Waals surface area (Å²) in [6.45, 7) is 3.26. The van der Waals surface area contributed by atoms with Gasteiger partial charge in [0, 0.05) is 38.6 Å². The zero-order chi connectivity index (χ0) is 13.8. The molecule has 0 saturated carbocycles. The first kappa shape index (κ1) is 13.3. The summed E-state index contributed by atoms with van der Waals surface area (Å²) in [4.78, 5) is 22.4. The molecule has 2 fully saturated rings. The number of nitrogens with one attached hydrogen (secondary N) is 1. The normalized spacial score (nSPS) is 22.2. The summed E-state index contributed by atoms with van der Waals surface area (Å²) >= 11 is 0. The zero-order valence-electron chi connectivity index (χ0n) is 11.5. The molecule has 1 amide bonds. The van der Waals surface area contributed by atoms with E-state index in [0.717, 1.165) is 51.9 Å². The number of hydrogen-bond acceptors (Lipinski definition) is 5. The molecule has 6 heteroatoms. The summed E-state index contributed by atoms with van der Waals surface area (Å²) < 4.78 is 5.53. The van der Waals surface area contributed by atoms with Crippen molar-refractivity contribution in [2.24, 2.45) is 0 Å². The smallest absolute Gasteiger partial charge is 0.256 e. The minimum absolute atomic E-state index is 0.0353. The van der Waals surface area contributed by atoms with E-state index in [-0.39, 0.29) is 12.0 Å². The Morgan fingerprint density at radius 3 is 2.70 bits per heavy atom. The van der Waals surface area contributed by atoms with Crippen molar-refractivity contribution in [3.63, 3.8) is 0 Å². The molecule has 3 rings (SSSR count). The van der Waals surface area contributed by atoms with E-state index in [2.05, 4.69) is 15.3 Å². The highest BCUT2D eigenvalue weighted by atomic mass is 16.5. The van der Waals surface area contributed by atoms with E-state index in [1.807, 2.05) is 4.90 Å². The lowest BCUT2D eigenvalue weighted by Gasteiger charge is -2.15. The van der Waals surface area contributed by atoms with E-state index in [9.17, 15) is 4.79 Å². The van der Waals surface area contributed by atoms with Crippen molar-refractivity contribution in [3.05, 3.63) is 18.0 Å². The molecular weight excluding hydrogens is 256 g/mol. The molecular formula is C14H20N4O2. The summed E-state index contributed by atoms with van der Waals surface area (Å²) in [7, 11) is 0. The number of hydrogen-bond donors (Lipinski definition) is 1. The first-order valence-electron chi connectivity index (χ1n) is 7.30. The minimum atomic E-state index is 0.0353. The third-order valence-corrected chi connectivity index (χ3v) is 3.80. The maximum absolute atomic E-state index is 12.1. The third-order valence-electron chi connectivity index (χ3n) is 3.80. The topological polar surface area (TPSA) is 67.3 Å². The Kier molecular flexibility index (Phi) is 4.11. The first-order chi connectivity index (χ1) is 9.83. The van der Waals surface area contributed by atoms with E-state index < -0.39 is 0 Å². The van der Waals surface area contributed by atoms with Crippen LogP contribution in [0.2, 0.25) is 0 Å². The van der Waals surface area contributed by atoms with Crippen molar-refractivity contribution in [1.29, 1.82) is 0 Å². The SMILES string of the molecule is O=C(c1cnc(NCC2CCCO2)nc1)N1CCCC1. The number of nitrogens with zero attached hydrogens (tertiary/aromatic N) is 3. The van der Waals surface area contributed by atoms with E-state index in [0.29, 0.717) is 11.5 Å². The van der Waals surface area contributed by atoms with E-state index in [1.165, 1.54) is 0 Å². The van der Waals surface area contributed by atoms with Crippen molar-refractivity contribution in [2.75, 3.05) is 31.6 Å². The van der Waals surface area contributed by atoms with Crippen molar-refractivity contribution >= 4 is 11.9 Å². The van der Waals surface area contributed by atoms with Crippen LogP contribution in [0.1, 0.15) is 36.0 Å². The second-order valence-electron chi connectivity index (χ2n) is 5.31. The van der Waals surface area contributed by atoms with Crippen molar-refractivity contribution in [1.82, 2.24) is 14.9 Å². The highest BCUT2D eigenvalue weighted by Crippen LogP contribution is 2.14. The van der Waals surface area contributed by atoms with E-state index in [1.54, 1.807) is 12.4 Å². The van der Waals surface area contributed by atoms with Gasteiger partial charge in [0.05, 0.1) is 11.7 Å². The number of carbonyl (C=O) groups excluding carboxylic acids is 1. The summed E-state index contributed by atoms with van der Waals surface area (Å²) in [5.74, 6) is 0.589. The first-order valence-corrected chi connectivity index (χ1v) is 7.30. The Morgan fingerprint density at radius 2 is 2.05 bits per heavy atom. The van der Waals surface area contributed by atoms with Gasteiger partial charge in [-0.3, -0.25) is 4.79 Å². The summed E-state index contributed by atoms with van der Waals surface area (Å²) in [5.41, 5.74) is 0.564. The molecule has 0 spiro atoms. The number of likely N-dealkylation sites (tertiary alicyclic amines) is 1. The maximum atomic E-state index is 12.1. The number of amides is 1. The quantitative estimate of drug-likeness (QED) is 0.898. The van der Waals surface area contributed by atoms with E-state index in [4.69, 9.17) is 4.74 Å². The minimum Gasteiger partial charge on any atom is -0.376 e. The largest absolute Gasteiger partial charge is 0.376 e. The molecule has 0 aromatic carbocycles. The third kappa shape index (κ3) is 3.07. The van der Waals surface area contributed by atoms with Gasteiger partial charge < -0.3 is 15.0 Å². The lowest BCUT2D eigenvalue weighted by atomic mass is 10.2. The molecule has 2 aliphatic heterocycles. The second kappa shape index (κ2) is 6.17. The molecule has 0 bridgehead atoms. The summed E-state index contributed by atoms with van der Waals surface area (Å²) in [5, 5.41) is 3.15. The molecule has 1 atom stereocenters. The Labute approximate surface area is 118 Å². The van der Waals surface area contributed by atoms with Crippen LogP contribution in [0.3, 0.4) is 0 Å². The van der Waals surface area contributed by atoms with Crippen LogP contribution in [-0.2, 0) is 4.74 Å². The Bertz CT molecular complexity index is 451. The number of carbonyl (C=O) groups is 1. The lowest BCUT2D eigenvalue weighted by molar-refractivity contribution is 0.0792. The van der Waals surface area contributed by atoms with Gasteiger partial charge in [0.2, 0.25) is 5.95 Å². The lowest BCUT2D eigenvalue weighted by Crippen LogP contribution is -2.28. The highest BCUT2D eigenvalue weighted by molar-refractivity contribution is 5.93. The molecule has 2 aliphatic rings. The number of rotatable bonds is 4. The standard InChI is InChI=1S/C14H20N4O2/c19-13(18-5-1-2-6-18)11-8-15-14(16-9-11)17-10-12-4-3-7-20-12/h8-9,12H,1-7,10H2,(H,15,16,17). The maximum Gasteiger partial charge on any atom is 0.256 e. The van der Waals surface area contributed by atoms with Gasteiger partial charge >= 0.3 is 0 Å². The van der Waals surface area contributed by atoms with Gasteiger partial charge in [0.1, 0.15) is 0 Å². The van der Waals surface area contributed by atoms with Gasteiger partial charge in [0.25, 0.3) is 5.91 Å². The van der Waals surface area contributed by atoms with Crippen LogP contribution in [0, 0.1) is 0 Å². The number of anilines is 1. The average molecular weight is 276 g/mol. The molecule has 1 unspecified atom stereocenters. The van der Waals surface area contributed by atoms with Gasteiger partial charge in [-0.05, 0) is 25.7 Å². The van der Waals surface area contributed by atoms with Crippen molar-refractivity contribution in [3.8, 4) is 0 Å². The average Bonchev–Trinajstić information content (AvgIpc) is 3.18. The summed E-state index contributed by atoms with van der Waals surface area (Å²) in [6, 6.07) is 0. The molecule has 3 heterocycles. The molecule has 0 aliphatic carbocycles. The number of ether oxygens (including phenoxy) is 1. The molecule has 20 heavy (non-hydrogen) atoms. The molecule has 1 N–H and O–H groups in total. The van der Waals surface area contributed by atoms with E-state index >= 15 is 0 Å². The fourth-order valence-electron chi connectivity index (χ4n) is 2.64. The summed E-state index contributed by atoms with van der Waals surface area (Å²) in [6.07, 6.45) is 7.84.